The average molecular weight is 437 g/mol. The molecule has 1 fully saturated rings. The van der Waals surface area contributed by atoms with Gasteiger partial charge in [-0.25, -0.2) is 15.0 Å². The van der Waals surface area contributed by atoms with Crippen molar-refractivity contribution in [1.29, 1.82) is 0 Å². The van der Waals surface area contributed by atoms with Crippen molar-refractivity contribution in [3.63, 3.8) is 0 Å². The normalized spacial score (nSPS) is 16.3. The van der Waals surface area contributed by atoms with Crippen molar-refractivity contribution in [3.8, 4) is 11.1 Å². The molecule has 0 aliphatic carbocycles. The number of aryl methyl sites for hydroxylation is 1. The lowest BCUT2D eigenvalue weighted by atomic mass is 9.90. The fraction of sp³-hybridized carbons (Fsp3) is 0.348. The summed E-state index contributed by atoms with van der Waals surface area (Å²) in [5, 5.41) is 0.685. The number of carbonyl (C=O) groups excluding carboxylic acids is 1. The van der Waals surface area contributed by atoms with Crippen LogP contribution in [0.4, 0.5) is 5.95 Å². The predicted octanol–water partition coefficient (Wildman–Crippen LogP) is 3.98. The fourth-order valence-corrected chi connectivity index (χ4v) is 3.94. The molecule has 8 heteroatoms. The Morgan fingerprint density at radius 2 is 1.87 bits per heavy atom. The molecule has 0 radical (unpaired) electrons. The molecule has 0 spiro atoms. The van der Waals surface area contributed by atoms with Crippen LogP contribution in [-0.2, 0) is 0 Å². The highest BCUT2D eigenvalue weighted by molar-refractivity contribution is 6.30. The number of halogens is 1. The van der Waals surface area contributed by atoms with Gasteiger partial charge in [0.2, 0.25) is 5.95 Å². The van der Waals surface area contributed by atoms with E-state index < -0.39 is 0 Å². The number of hydrogen-bond acceptors (Lipinski definition) is 6. The molecule has 160 valence electrons. The van der Waals surface area contributed by atoms with Crippen molar-refractivity contribution < 1.29 is 4.79 Å². The summed E-state index contributed by atoms with van der Waals surface area (Å²) in [4.78, 5) is 34.7. The first-order valence-corrected chi connectivity index (χ1v) is 10.7. The van der Waals surface area contributed by atoms with Gasteiger partial charge in [-0.1, -0.05) is 23.7 Å². The van der Waals surface area contributed by atoms with Crippen molar-refractivity contribution in [3.05, 3.63) is 65.0 Å². The molecule has 3 heterocycles. The van der Waals surface area contributed by atoms with Crippen LogP contribution in [0.2, 0.25) is 5.02 Å². The lowest BCUT2D eigenvalue weighted by molar-refractivity contribution is 0.0699. The summed E-state index contributed by atoms with van der Waals surface area (Å²) in [6.45, 7) is 3.14. The summed E-state index contributed by atoms with van der Waals surface area (Å²) in [6, 6.07) is 7.70. The highest BCUT2D eigenvalue weighted by atomic mass is 35.5. The summed E-state index contributed by atoms with van der Waals surface area (Å²) < 4.78 is 0. The number of nitrogens with zero attached hydrogens (tertiary/aromatic N) is 6. The molecule has 1 aliphatic rings. The van der Waals surface area contributed by atoms with Gasteiger partial charge < -0.3 is 9.80 Å². The van der Waals surface area contributed by atoms with E-state index in [0.717, 1.165) is 35.4 Å². The second-order valence-corrected chi connectivity index (χ2v) is 8.44. The highest BCUT2D eigenvalue weighted by Gasteiger charge is 2.29. The van der Waals surface area contributed by atoms with Crippen LogP contribution in [0.5, 0.6) is 0 Å². The highest BCUT2D eigenvalue weighted by Crippen LogP contribution is 2.34. The van der Waals surface area contributed by atoms with E-state index >= 15 is 0 Å². The SMILES string of the molecule is Cc1cnc(C(=O)N2CCC[C@H](c3nc(N(C)C)ncc3-c3ccc(Cl)cc3)C2)cn1. The zero-order valence-electron chi connectivity index (χ0n) is 17.9. The van der Waals surface area contributed by atoms with E-state index in [4.69, 9.17) is 16.6 Å². The van der Waals surface area contributed by atoms with Crippen molar-refractivity contribution in [2.24, 2.45) is 0 Å². The first kappa shape index (κ1) is 21.2. The molecule has 1 aliphatic heterocycles. The van der Waals surface area contributed by atoms with Gasteiger partial charge in [0.1, 0.15) is 5.69 Å². The largest absolute Gasteiger partial charge is 0.347 e. The van der Waals surface area contributed by atoms with Gasteiger partial charge in [0.15, 0.2) is 0 Å². The Kier molecular flexibility index (Phi) is 6.13. The molecule has 1 atom stereocenters. The summed E-state index contributed by atoms with van der Waals surface area (Å²) >= 11 is 6.08. The predicted molar refractivity (Wildman–Crippen MR) is 121 cm³/mol. The van der Waals surface area contributed by atoms with Crippen molar-refractivity contribution >= 4 is 23.5 Å². The lowest BCUT2D eigenvalue weighted by Gasteiger charge is -2.33. The standard InChI is InChI=1S/C23H25ClN6O/c1-15-11-26-20(13-25-15)22(31)30-10-4-5-17(14-30)21-19(12-27-23(28-21)29(2)3)16-6-8-18(24)9-7-16/h6-9,11-13,17H,4-5,10,14H2,1-3H3/t17-/m0/s1. The molecule has 0 bridgehead atoms. The average Bonchev–Trinajstić information content (AvgIpc) is 2.79. The van der Waals surface area contributed by atoms with Gasteiger partial charge in [-0.2, -0.15) is 0 Å². The number of benzene rings is 1. The zero-order valence-corrected chi connectivity index (χ0v) is 18.7. The molecule has 1 amide bonds. The molecule has 1 saturated heterocycles. The Morgan fingerprint density at radius 1 is 1.10 bits per heavy atom. The van der Waals surface area contributed by atoms with Gasteiger partial charge in [-0.15, -0.1) is 0 Å². The van der Waals surface area contributed by atoms with Crippen LogP contribution >= 0.6 is 11.6 Å². The fourth-order valence-electron chi connectivity index (χ4n) is 3.81. The van der Waals surface area contributed by atoms with Gasteiger partial charge in [0, 0.05) is 56.1 Å². The Hall–Kier alpha value is -3.06. The van der Waals surface area contributed by atoms with Gasteiger partial charge in [0.05, 0.1) is 17.6 Å². The molecule has 2 aromatic heterocycles. The summed E-state index contributed by atoms with van der Waals surface area (Å²) in [5.41, 5.74) is 4.10. The number of aromatic nitrogens is 4. The quantitative estimate of drug-likeness (QED) is 0.615. The topological polar surface area (TPSA) is 75.1 Å². The Labute approximate surface area is 187 Å². The monoisotopic (exact) mass is 436 g/mol. The Bertz CT molecular complexity index is 1070. The van der Waals surface area contributed by atoms with Gasteiger partial charge in [-0.3, -0.25) is 9.78 Å². The number of likely N-dealkylation sites (tertiary alicyclic amines) is 1. The molecule has 7 nitrogen and oxygen atoms in total. The molecule has 1 aromatic carbocycles. The third kappa shape index (κ3) is 4.66. The summed E-state index contributed by atoms with van der Waals surface area (Å²) in [6.07, 6.45) is 6.90. The molecule has 31 heavy (non-hydrogen) atoms. The maximum atomic E-state index is 13.0. The van der Waals surface area contributed by atoms with Gasteiger partial charge in [0.25, 0.3) is 5.91 Å². The van der Waals surface area contributed by atoms with Crippen LogP contribution in [0, 0.1) is 6.92 Å². The number of carbonyl (C=O) groups is 1. The Balaban J connectivity index is 1.66. The van der Waals surface area contributed by atoms with E-state index in [-0.39, 0.29) is 11.8 Å². The van der Waals surface area contributed by atoms with Crippen LogP contribution in [0.15, 0.2) is 42.9 Å². The minimum atomic E-state index is -0.0906. The Morgan fingerprint density at radius 3 is 2.55 bits per heavy atom. The smallest absolute Gasteiger partial charge is 0.274 e. The van der Waals surface area contributed by atoms with Gasteiger partial charge in [-0.05, 0) is 37.5 Å². The molecule has 0 N–H and O–H groups in total. The molecule has 0 saturated carbocycles. The third-order valence-corrected chi connectivity index (χ3v) is 5.71. The first-order valence-electron chi connectivity index (χ1n) is 10.3. The van der Waals surface area contributed by atoms with E-state index in [2.05, 4.69) is 15.0 Å². The van der Waals surface area contributed by atoms with Crippen molar-refractivity contribution in [2.45, 2.75) is 25.7 Å². The van der Waals surface area contributed by atoms with Crippen molar-refractivity contribution in [2.75, 3.05) is 32.1 Å². The maximum absolute atomic E-state index is 13.0. The minimum Gasteiger partial charge on any atom is -0.347 e. The second-order valence-electron chi connectivity index (χ2n) is 8.00. The van der Waals surface area contributed by atoms with Crippen molar-refractivity contribution in [1.82, 2.24) is 24.8 Å². The minimum absolute atomic E-state index is 0.0906. The van der Waals surface area contributed by atoms with Crippen LogP contribution in [0.3, 0.4) is 0 Å². The van der Waals surface area contributed by atoms with Crippen LogP contribution in [0.1, 0.15) is 40.6 Å². The molecule has 0 unspecified atom stereocenters. The molecule has 3 aromatic rings. The lowest BCUT2D eigenvalue weighted by Crippen LogP contribution is -2.40. The number of anilines is 1. The number of amides is 1. The summed E-state index contributed by atoms with van der Waals surface area (Å²) in [7, 11) is 3.85. The second kappa shape index (κ2) is 8.98. The van der Waals surface area contributed by atoms with Gasteiger partial charge >= 0.3 is 0 Å². The van der Waals surface area contributed by atoms with Crippen LogP contribution in [0.25, 0.3) is 11.1 Å². The zero-order chi connectivity index (χ0) is 22.0. The van der Waals surface area contributed by atoms with E-state index in [0.29, 0.717) is 29.8 Å². The van der Waals surface area contributed by atoms with E-state index in [1.54, 1.807) is 12.4 Å². The number of hydrogen-bond donors (Lipinski definition) is 0. The van der Waals surface area contributed by atoms with E-state index in [9.17, 15) is 4.79 Å². The third-order valence-electron chi connectivity index (χ3n) is 5.46. The maximum Gasteiger partial charge on any atom is 0.274 e. The van der Waals surface area contributed by atoms with E-state index in [1.807, 2.05) is 61.3 Å². The molecular formula is C23H25ClN6O. The van der Waals surface area contributed by atoms with Crippen LogP contribution in [-0.4, -0.2) is 57.9 Å². The molecule has 4 rings (SSSR count). The first-order chi connectivity index (χ1) is 14.9. The van der Waals surface area contributed by atoms with E-state index in [1.165, 1.54) is 0 Å². The van der Waals surface area contributed by atoms with Crippen LogP contribution < -0.4 is 4.90 Å². The number of piperidine rings is 1. The molecular weight excluding hydrogens is 412 g/mol. The summed E-state index contributed by atoms with van der Waals surface area (Å²) in [5.74, 6) is 0.663. The number of rotatable bonds is 4.